The molecule has 1 heterocycles. The average molecular weight is 409 g/mol. The molecule has 0 bridgehead atoms. The first-order valence-electron chi connectivity index (χ1n) is 10.7. The predicted molar refractivity (Wildman–Crippen MR) is 120 cm³/mol. The van der Waals surface area contributed by atoms with Crippen molar-refractivity contribution >= 4 is 16.9 Å². The number of aromatic nitrogens is 1. The van der Waals surface area contributed by atoms with E-state index in [1.165, 1.54) is 0 Å². The van der Waals surface area contributed by atoms with E-state index in [-0.39, 0.29) is 11.8 Å². The quantitative estimate of drug-likeness (QED) is 0.551. The number of rotatable bonds is 8. The first-order valence-corrected chi connectivity index (χ1v) is 10.7. The van der Waals surface area contributed by atoms with E-state index in [0.29, 0.717) is 13.0 Å². The Hall–Kier alpha value is -2.08. The lowest BCUT2D eigenvalue weighted by Gasteiger charge is -2.16. The molecule has 6 nitrogen and oxygen atoms in total. The van der Waals surface area contributed by atoms with Gasteiger partial charge in [0.2, 0.25) is 0 Å². The van der Waals surface area contributed by atoms with Crippen molar-refractivity contribution in [2.24, 2.45) is 11.1 Å². The van der Waals surface area contributed by atoms with Gasteiger partial charge in [0, 0.05) is 17.4 Å². The van der Waals surface area contributed by atoms with E-state index < -0.39 is 5.97 Å². The number of benzene rings is 1. The van der Waals surface area contributed by atoms with E-state index in [2.05, 4.69) is 32.9 Å². The van der Waals surface area contributed by atoms with Crippen LogP contribution < -0.4 is 10.5 Å². The van der Waals surface area contributed by atoms with E-state index in [9.17, 15) is 4.79 Å². The minimum atomic E-state index is -0.801. The molecule has 1 aromatic carbocycles. The fraction of sp³-hybridized carbons (Fsp3) is 0.652. The third-order valence-electron chi connectivity index (χ3n) is 3.77. The molecule has 0 unspecified atom stereocenters. The van der Waals surface area contributed by atoms with E-state index >= 15 is 0 Å². The monoisotopic (exact) mass is 408 g/mol. The van der Waals surface area contributed by atoms with Gasteiger partial charge in [-0.15, -0.1) is 0 Å². The number of carbonyl (C=O) groups is 1. The molecule has 29 heavy (non-hydrogen) atoms. The van der Waals surface area contributed by atoms with Gasteiger partial charge in [-0.2, -0.15) is 0 Å². The number of aliphatic carboxylic acids is 1. The molecule has 0 spiro atoms. The molecule has 166 valence electrons. The largest absolute Gasteiger partial charge is 0.493 e. The van der Waals surface area contributed by atoms with Gasteiger partial charge in [0.25, 0.3) is 0 Å². The number of nitrogens with zero attached hydrogens (tertiary/aromatic N) is 1. The van der Waals surface area contributed by atoms with Gasteiger partial charge in [0.05, 0.1) is 12.3 Å². The van der Waals surface area contributed by atoms with Crippen LogP contribution in [0.15, 0.2) is 16.7 Å². The highest BCUT2D eigenvalue weighted by molar-refractivity contribution is 5.84. The third kappa shape index (κ3) is 9.79. The molecule has 0 aliphatic heterocycles. The lowest BCUT2D eigenvalue weighted by molar-refractivity contribution is -0.137. The summed E-state index contributed by atoms with van der Waals surface area (Å²) in [5, 5.41) is 14.0. The van der Waals surface area contributed by atoms with Crippen molar-refractivity contribution in [3.63, 3.8) is 0 Å². The molecule has 0 saturated carbocycles. The van der Waals surface area contributed by atoms with Crippen LogP contribution >= 0.6 is 0 Å². The molecule has 6 heteroatoms. The zero-order valence-electron chi connectivity index (χ0n) is 19.3. The van der Waals surface area contributed by atoms with Crippen LogP contribution in [-0.4, -0.2) is 29.4 Å². The standard InChI is InChI=1S/C19H27NO4.C2H7N.C2H6/c1-5-7-14-16(23-11-6-8-17(21)22)10-9-13-15(12-19(2,3)4)20-24-18(13)14;1-2-3;1-2/h9-10H,5-8,11-12H2,1-4H3,(H,21,22);2-3H2,1H3;1-2H3. The second-order valence-electron chi connectivity index (χ2n) is 7.79. The van der Waals surface area contributed by atoms with Gasteiger partial charge < -0.3 is 20.1 Å². The molecule has 0 amide bonds. The number of hydrogen-bond donors (Lipinski definition) is 2. The maximum Gasteiger partial charge on any atom is 0.303 e. The summed E-state index contributed by atoms with van der Waals surface area (Å²) in [6.07, 6.45) is 3.27. The molecule has 2 aromatic rings. The molecule has 0 saturated heterocycles. The molecule has 1 aromatic heterocycles. The average Bonchev–Trinajstić information content (AvgIpc) is 3.04. The van der Waals surface area contributed by atoms with Gasteiger partial charge in [0.15, 0.2) is 5.58 Å². The van der Waals surface area contributed by atoms with Gasteiger partial charge in [0.1, 0.15) is 5.75 Å². The van der Waals surface area contributed by atoms with Crippen molar-refractivity contribution in [1.29, 1.82) is 0 Å². The topological polar surface area (TPSA) is 98.6 Å². The van der Waals surface area contributed by atoms with Gasteiger partial charge in [-0.05, 0) is 43.4 Å². The molecule has 0 radical (unpaired) electrons. The maximum absolute atomic E-state index is 10.6. The minimum Gasteiger partial charge on any atom is -0.493 e. The summed E-state index contributed by atoms with van der Waals surface area (Å²) in [6, 6.07) is 3.95. The third-order valence-corrected chi connectivity index (χ3v) is 3.77. The zero-order valence-corrected chi connectivity index (χ0v) is 19.3. The van der Waals surface area contributed by atoms with E-state index in [1.807, 2.05) is 32.9 Å². The Morgan fingerprint density at radius 2 is 1.86 bits per heavy atom. The Labute approximate surface area is 175 Å². The van der Waals surface area contributed by atoms with Gasteiger partial charge in [-0.3, -0.25) is 4.79 Å². The number of aryl methyl sites for hydroxylation is 1. The molecule has 3 N–H and O–H groups in total. The zero-order chi connectivity index (χ0) is 22.4. The lowest BCUT2D eigenvalue weighted by Crippen LogP contribution is -2.09. The summed E-state index contributed by atoms with van der Waals surface area (Å²) in [5.41, 5.74) is 7.79. The van der Waals surface area contributed by atoms with Crippen LogP contribution in [0, 0.1) is 5.41 Å². The van der Waals surface area contributed by atoms with Crippen LogP contribution in [0.3, 0.4) is 0 Å². The lowest BCUT2D eigenvalue weighted by atomic mass is 9.89. The van der Waals surface area contributed by atoms with Crippen molar-refractivity contribution in [3.8, 4) is 5.75 Å². The summed E-state index contributed by atoms with van der Waals surface area (Å²) < 4.78 is 11.4. The van der Waals surface area contributed by atoms with Crippen molar-refractivity contribution in [1.82, 2.24) is 5.16 Å². The summed E-state index contributed by atoms with van der Waals surface area (Å²) in [4.78, 5) is 10.6. The second kappa shape index (κ2) is 14.0. The van der Waals surface area contributed by atoms with Crippen molar-refractivity contribution in [3.05, 3.63) is 23.4 Å². The molecule has 2 rings (SSSR count). The number of fused-ring (bicyclic) bond motifs is 1. The number of carboxylic acids is 1. The smallest absolute Gasteiger partial charge is 0.303 e. The summed E-state index contributed by atoms with van der Waals surface area (Å²) in [7, 11) is 0. The Balaban J connectivity index is 0.00000143. The molecule has 0 aliphatic rings. The highest BCUT2D eigenvalue weighted by Crippen LogP contribution is 2.33. The molecule has 0 fully saturated rings. The Bertz CT molecular complexity index is 717. The highest BCUT2D eigenvalue weighted by atomic mass is 16.5. The fourth-order valence-corrected chi connectivity index (χ4v) is 2.75. The van der Waals surface area contributed by atoms with E-state index in [1.54, 1.807) is 0 Å². The first-order chi connectivity index (χ1) is 13.7. The first kappa shape index (κ1) is 26.9. The molecular formula is C23H40N2O4. The molecule has 0 aliphatic carbocycles. The summed E-state index contributed by atoms with van der Waals surface area (Å²) in [5.74, 6) is -0.0295. The number of hydrogen-bond acceptors (Lipinski definition) is 5. The van der Waals surface area contributed by atoms with Gasteiger partial charge >= 0.3 is 5.97 Å². The minimum absolute atomic E-state index is 0.114. The number of carboxylic acid groups (broad SMARTS) is 1. The van der Waals surface area contributed by atoms with Crippen LogP contribution in [0.5, 0.6) is 5.75 Å². The fourth-order valence-electron chi connectivity index (χ4n) is 2.75. The Morgan fingerprint density at radius 3 is 2.38 bits per heavy atom. The second-order valence-corrected chi connectivity index (χ2v) is 7.79. The SMILES string of the molecule is CC.CCCc1c(OCCCC(=O)O)ccc2c(CC(C)(C)C)noc12.CCN. The summed E-state index contributed by atoms with van der Waals surface area (Å²) in [6.45, 7) is 15.7. The van der Waals surface area contributed by atoms with Crippen LogP contribution in [0.4, 0.5) is 0 Å². The Kier molecular flexibility index (Phi) is 13.0. The van der Waals surface area contributed by atoms with Crippen LogP contribution in [0.25, 0.3) is 11.0 Å². The van der Waals surface area contributed by atoms with Gasteiger partial charge in [-0.1, -0.05) is 60.0 Å². The number of nitrogens with two attached hydrogens (primary N) is 1. The van der Waals surface area contributed by atoms with Crippen LogP contribution in [0.1, 0.15) is 79.0 Å². The molecular weight excluding hydrogens is 368 g/mol. The van der Waals surface area contributed by atoms with E-state index in [0.717, 1.165) is 53.8 Å². The highest BCUT2D eigenvalue weighted by Gasteiger charge is 2.20. The van der Waals surface area contributed by atoms with Gasteiger partial charge in [-0.25, -0.2) is 0 Å². The molecule has 0 atom stereocenters. The normalized spacial score (nSPS) is 10.6. The summed E-state index contributed by atoms with van der Waals surface area (Å²) >= 11 is 0. The van der Waals surface area contributed by atoms with Crippen molar-refractivity contribution in [2.75, 3.05) is 13.2 Å². The predicted octanol–water partition coefficient (Wildman–Crippen LogP) is 5.60. The maximum atomic E-state index is 10.6. The van der Waals surface area contributed by atoms with Crippen LogP contribution in [0.2, 0.25) is 0 Å². The van der Waals surface area contributed by atoms with Crippen molar-refractivity contribution < 1.29 is 19.2 Å². The Morgan fingerprint density at radius 1 is 1.24 bits per heavy atom. The van der Waals surface area contributed by atoms with Crippen LogP contribution in [-0.2, 0) is 17.6 Å². The number of ether oxygens (including phenoxy) is 1. The van der Waals surface area contributed by atoms with Crippen molar-refractivity contribution in [2.45, 2.75) is 80.6 Å². The van der Waals surface area contributed by atoms with E-state index in [4.69, 9.17) is 20.1 Å².